The number of rotatable bonds is 7. The molecular formula is C13H27N3O2S. The van der Waals surface area contributed by atoms with Crippen molar-refractivity contribution < 1.29 is 8.42 Å². The molecule has 1 aliphatic heterocycles. The van der Waals surface area contributed by atoms with Gasteiger partial charge in [-0.1, -0.05) is 20.3 Å². The molecule has 0 aromatic heterocycles. The van der Waals surface area contributed by atoms with Gasteiger partial charge in [-0.15, -0.1) is 0 Å². The van der Waals surface area contributed by atoms with Crippen molar-refractivity contribution >= 4 is 10.2 Å². The summed E-state index contributed by atoms with van der Waals surface area (Å²) in [5.74, 6) is 0.497. The number of piperidine rings is 1. The molecule has 112 valence electrons. The molecule has 0 aromatic carbocycles. The monoisotopic (exact) mass is 289 g/mol. The van der Waals surface area contributed by atoms with E-state index in [0.717, 1.165) is 45.2 Å². The fourth-order valence-electron chi connectivity index (χ4n) is 2.69. The summed E-state index contributed by atoms with van der Waals surface area (Å²) in [7, 11) is -3.30. The van der Waals surface area contributed by atoms with E-state index < -0.39 is 10.2 Å². The van der Waals surface area contributed by atoms with Crippen LogP contribution in [0.5, 0.6) is 0 Å². The first-order chi connectivity index (χ1) is 9.04. The lowest BCUT2D eigenvalue weighted by molar-refractivity contribution is 0.243. The summed E-state index contributed by atoms with van der Waals surface area (Å²) < 4.78 is 29.3. The second-order valence-corrected chi connectivity index (χ2v) is 7.56. The Hall–Kier alpha value is -0.170. The molecule has 3 atom stereocenters. The van der Waals surface area contributed by atoms with E-state index >= 15 is 0 Å². The van der Waals surface area contributed by atoms with Crippen LogP contribution in [0.15, 0.2) is 0 Å². The lowest BCUT2D eigenvalue weighted by atomic mass is 10.1. The van der Waals surface area contributed by atoms with E-state index in [9.17, 15) is 8.42 Å². The summed E-state index contributed by atoms with van der Waals surface area (Å²) >= 11 is 0. The van der Waals surface area contributed by atoms with Crippen LogP contribution < -0.4 is 10.0 Å². The number of nitrogens with one attached hydrogen (secondary N) is 2. The van der Waals surface area contributed by atoms with Gasteiger partial charge in [0.15, 0.2) is 0 Å². The van der Waals surface area contributed by atoms with Crippen molar-refractivity contribution in [3.05, 3.63) is 0 Å². The van der Waals surface area contributed by atoms with Crippen LogP contribution in [0.25, 0.3) is 0 Å². The van der Waals surface area contributed by atoms with Crippen molar-refractivity contribution in [3.63, 3.8) is 0 Å². The van der Waals surface area contributed by atoms with E-state index in [4.69, 9.17) is 0 Å². The Morgan fingerprint density at radius 2 is 2.05 bits per heavy atom. The van der Waals surface area contributed by atoms with Crippen molar-refractivity contribution in [2.24, 2.45) is 5.92 Å². The predicted molar refractivity (Wildman–Crippen MR) is 77.1 cm³/mol. The molecule has 0 amide bonds. The van der Waals surface area contributed by atoms with E-state index in [-0.39, 0.29) is 12.1 Å². The normalized spacial score (nSPS) is 32.4. The molecule has 1 saturated heterocycles. The molecule has 2 rings (SSSR count). The summed E-state index contributed by atoms with van der Waals surface area (Å²) in [4.78, 5) is 0. The quantitative estimate of drug-likeness (QED) is 0.690. The third-order valence-corrected chi connectivity index (χ3v) is 5.80. The topological polar surface area (TPSA) is 61.4 Å². The third-order valence-electron chi connectivity index (χ3n) is 4.10. The minimum Gasteiger partial charge on any atom is -0.315 e. The Balaban J connectivity index is 1.93. The molecule has 3 unspecified atom stereocenters. The maximum Gasteiger partial charge on any atom is 0.280 e. The Morgan fingerprint density at radius 3 is 2.68 bits per heavy atom. The highest BCUT2D eigenvalue weighted by atomic mass is 32.2. The molecule has 2 aliphatic rings. The van der Waals surface area contributed by atoms with Crippen LogP contribution in [-0.4, -0.2) is 44.4 Å². The highest BCUT2D eigenvalue weighted by molar-refractivity contribution is 7.87. The molecule has 0 radical (unpaired) electrons. The molecule has 1 saturated carbocycles. The summed E-state index contributed by atoms with van der Waals surface area (Å²) in [5, 5.41) is 3.35. The summed E-state index contributed by atoms with van der Waals surface area (Å²) in [6.07, 6.45) is 5.14. The van der Waals surface area contributed by atoms with E-state index in [2.05, 4.69) is 23.9 Å². The van der Waals surface area contributed by atoms with Crippen LogP contribution in [0.4, 0.5) is 0 Å². The van der Waals surface area contributed by atoms with Gasteiger partial charge in [0.05, 0.1) is 0 Å². The lowest BCUT2D eigenvalue weighted by Gasteiger charge is -2.34. The highest BCUT2D eigenvalue weighted by Gasteiger charge is 2.40. The maximum absolute atomic E-state index is 12.4. The van der Waals surface area contributed by atoms with Crippen LogP contribution in [-0.2, 0) is 10.2 Å². The number of nitrogens with zero attached hydrogens (tertiary/aromatic N) is 1. The average Bonchev–Trinajstić information content (AvgIpc) is 3.05. The van der Waals surface area contributed by atoms with E-state index in [1.54, 1.807) is 4.31 Å². The minimum absolute atomic E-state index is 0.117. The average molecular weight is 289 g/mol. The lowest BCUT2D eigenvalue weighted by Crippen LogP contribution is -2.53. The second kappa shape index (κ2) is 6.52. The third kappa shape index (κ3) is 4.15. The Kier molecular flexibility index (Phi) is 5.22. The molecular weight excluding hydrogens is 262 g/mol. The van der Waals surface area contributed by atoms with Gasteiger partial charge in [0, 0.05) is 25.2 Å². The standard InChI is InChI=1S/C13H27N3O2S/c1-3-7-14-10-12-6-4-5-8-16(12)19(17,18)15-13-9-11(13)2/h11-15H,3-10H2,1-2H3. The Labute approximate surface area is 117 Å². The second-order valence-electron chi connectivity index (χ2n) is 5.91. The molecule has 1 heterocycles. The highest BCUT2D eigenvalue weighted by Crippen LogP contribution is 2.31. The van der Waals surface area contributed by atoms with Gasteiger partial charge >= 0.3 is 0 Å². The van der Waals surface area contributed by atoms with Crippen molar-refractivity contribution in [2.75, 3.05) is 19.6 Å². The van der Waals surface area contributed by atoms with E-state index in [1.165, 1.54) is 0 Å². The number of hydrogen-bond donors (Lipinski definition) is 2. The maximum atomic E-state index is 12.4. The van der Waals surface area contributed by atoms with Gasteiger partial charge in [-0.3, -0.25) is 0 Å². The van der Waals surface area contributed by atoms with Crippen LogP contribution >= 0.6 is 0 Å². The summed E-state index contributed by atoms with van der Waals surface area (Å²) in [5.41, 5.74) is 0. The zero-order valence-electron chi connectivity index (χ0n) is 12.1. The van der Waals surface area contributed by atoms with Gasteiger partial charge in [0.25, 0.3) is 10.2 Å². The molecule has 2 N–H and O–H groups in total. The van der Waals surface area contributed by atoms with Gasteiger partial charge < -0.3 is 5.32 Å². The van der Waals surface area contributed by atoms with Crippen LogP contribution in [0.2, 0.25) is 0 Å². The van der Waals surface area contributed by atoms with Crippen molar-refractivity contribution in [3.8, 4) is 0 Å². The molecule has 0 aromatic rings. The molecule has 0 spiro atoms. The van der Waals surface area contributed by atoms with Gasteiger partial charge in [-0.05, 0) is 38.1 Å². The zero-order chi connectivity index (χ0) is 13.9. The van der Waals surface area contributed by atoms with Crippen molar-refractivity contribution in [1.29, 1.82) is 0 Å². The molecule has 6 heteroatoms. The Bertz CT molecular complexity index is 385. The summed E-state index contributed by atoms with van der Waals surface area (Å²) in [6.45, 7) is 6.60. The van der Waals surface area contributed by atoms with Gasteiger partial charge in [0.1, 0.15) is 0 Å². The predicted octanol–water partition coefficient (Wildman–Crippen LogP) is 1.08. The first-order valence-corrected chi connectivity index (χ1v) is 8.98. The van der Waals surface area contributed by atoms with Crippen molar-refractivity contribution in [2.45, 2.75) is 58.0 Å². The largest absolute Gasteiger partial charge is 0.315 e. The molecule has 5 nitrogen and oxygen atoms in total. The van der Waals surface area contributed by atoms with E-state index in [1.807, 2.05) is 0 Å². The number of hydrogen-bond acceptors (Lipinski definition) is 3. The van der Waals surface area contributed by atoms with Crippen molar-refractivity contribution in [1.82, 2.24) is 14.3 Å². The minimum atomic E-state index is -3.30. The molecule has 1 aliphatic carbocycles. The van der Waals surface area contributed by atoms with Gasteiger partial charge in [-0.25, -0.2) is 0 Å². The fraction of sp³-hybridized carbons (Fsp3) is 1.00. The Morgan fingerprint density at radius 1 is 1.32 bits per heavy atom. The molecule has 2 fully saturated rings. The first kappa shape index (κ1) is 15.2. The zero-order valence-corrected chi connectivity index (χ0v) is 12.9. The van der Waals surface area contributed by atoms with Gasteiger partial charge in [-0.2, -0.15) is 17.4 Å². The SMILES string of the molecule is CCCNCC1CCCCN1S(=O)(=O)NC1CC1C. The summed E-state index contributed by atoms with van der Waals surface area (Å²) in [6, 6.07) is 0.281. The fourth-order valence-corrected chi connectivity index (χ4v) is 4.47. The van der Waals surface area contributed by atoms with E-state index in [0.29, 0.717) is 12.5 Å². The molecule has 0 bridgehead atoms. The first-order valence-electron chi connectivity index (χ1n) is 7.54. The van der Waals surface area contributed by atoms with Gasteiger partial charge in [0.2, 0.25) is 0 Å². The van der Waals surface area contributed by atoms with Crippen LogP contribution in [0, 0.1) is 5.92 Å². The molecule has 19 heavy (non-hydrogen) atoms. The van der Waals surface area contributed by atoms with Crippen LogP contribution in [0.1, 0.15) is 46.0 Å². The van der Waals surface area contributed by atoms with Crippen LogP contribution in [0.3, 0.4) is 0 Å². The smallest absolute Gasteiger partial charge is 0.280 e.